The minimum absolute atomic E-state index is 0.0775. The molecule has 0 spiro atoms. The number of carbonyl (C=O) groups is 1. The van der Waals surface area contributed by atoms with Gasteiger partial charge in [-0.3, -0.25) is 9.48 Å². The Balaban J connectivity index is 1.62. The van der Waals surface area contributed by atoms with Gasteiger partial charge < -0.3 is 9.47 Å². The molecule has 4 rings (SSSR count). The Hall–Kier alpha value is -2.48. The maximum absolute atomic E-state index is 12.8. The molecule has 0 saturated heterocycles. The summed E-state index contributed by atoms with van der Waals surface area (Å²) in [5.41, 5.74) is 0.943. The summed E-state index contributed by atoms with van der Waals surface area (Å²) >= 11 is 1.58. The average molecular weight is 356 g/mol. The molecule has 7 nitrogen and oxygen atoms in total. The number of thiophene rings is 1. The van der Waals surface area contributed by atoms with E-state index in [1.807, 2.05) is 30.3 Å². The number of rotatable bonds is 3. The smallest absolute Gasteiger partial charge is 0.264 e. The number of hydrogen-bond acceptors (Lipinski definition) is 5. The third kappa shape index (κ3) is 2.76. The lowest BCUT2D eigenvalue weighted by molar-refractivity contribution is 0.0687. The zero-order valence-electron chi connectivity index (χ0n) is 14.5. The summed E-state index contributed by atoms with van der Waals surface area (Å²) in [5, 5.41) is 12.9. The van der Waals surface area contributed by atoms with E-state index in [-0.39, 0.29) is 11.9 Å². The standard InChI is InChI=1S/C17H20N6OS/c1-4-13-5-6-14(25-13)17(24)22-8-11(2)23-15(10-22)19-20-16(23)12-7-18-21(3)9-12/h5-7,9,11H,4,8,10H2,1-3H3/t11-/m0/s1. The summed E-state index contributed by atoms with van der Waals surface area (Å²) in [6.45, 7) is 5.33. The SMILES string of the molecule is CCc1ccc(C(=O)N2Cc3nnc(-c4cnn(C)c4)n3[C@@H](C)C2)s1. The van der Waals surface area contributed by atoms with Gasteiger partial charge in [0.15, 0.2) is 11.6 Å². The first kappa shape index (κ1) is 16.0. The molecule has 4 heterocycles. The second-order valence-electron chi connectivity index (χ2n) is 6.37. The van der Waals surface area contributed by atoms with Crippen LogP contribution >= 0.6 is 11.3 Å². The molecule has 0 unspecified atom stereocenters. The van der Waals surface area contributed by atoms with Crippen LogP contribution in [0.15, 0.2) is 24.5 Å². The Morgan fingerprint density at radius 2 is 2.20 bits per heavy atom. The molecule has 8 heteroatoms. The Kier molecular flexibility index (Phi) is 3.91. The van der Waals surface area contributed by atoms with E-state index in [9.17, 15) is 4.79 Å². The highest BCUT2D eigenvalue weighted by atomic mass is 32.1. The van der Waals surface area contributed by atoms with E-state index in [1.165, 1.54) is 4.88 Å². The fourth-order valence-corrected chi connectivity index (χ4v) is 4.17. The van der Waals surface area contributed by atoms with Crippen LogP contribution in [0.4, 0.5) is 0 Å². The first-order chi connectivity index (χ1) is 12.1. The molecular weight excluding hydrogens is 336 g/mol. The van der Waals surface area contributed by atoms with E-state index in [2.05, 4.69) is 33.7 Å². The summed E-state index contributed by atoms with van der Waals surface area (Å²) in [5.74, 6) is 1.71. The predicted octanol–water partition coefficient (Wildman–Crippen LogP) is 2.52. The summed E-state index contributed by atoms with van der Waals surface area (Å²) in [6, 6.07) is 4.08. The van der Waals surface area contributed by atoms with Crippen molar-refractivity contribution in [3.63, 3.8) is 0 Å². The summed E-state index contributed by atoms with van der Waals surface area (Å²) in [7, 11) is 1.88. The van der Waals surface area contributed by atoms with Gasteiger partial charge in [-0.15, -0.1) is 21.5 Å². The Bertz CT molecular complexity index is 923. The van der Waals surface area contributed by atoms with Crippen molar-refractivity contribution in [3.05, 3.63) is 40.1 Å². The van der Waals surface area contributed by atoms with E-state index in [0.29, 0.717) is 13.1 Å². The first-order valence-electron chi connectivity index (χ1n) is 8.37. The van der Waals surface area contributed by atoms with Crippen LogP contribution in [-0.4, -0.2) is 41.9 Å². The lowest BCUT2D eigenvalue weighted by atomic mass is 10.2. The third-order valence-electron chi connectivity index (χ3n) is 4.50. The highest BCUT2D eigenvalue weighted by Gasteiger charge is 2.30. The molecule has 3 aromatic heterocycles. The van der Waals surface area contributed by atoms with Gasteiger partial charge in [0.05, 0.1) is 29.2 Å². The van der Waals surface area contributed by atoms with Gasteiger partial charge in [0, 0.05) is 24.7 Å². The number of fused-ring (bicyclic) bond motifs is 1. The summed E-state index contributed by atoms with van der Waals surface area (Å²) in [6.07, 6.45) is 4.68. The maximum Gasteiger partial charge on any atom is 0.264 e. The molecular formula is C17H20N6OS. The molecule has 0 bridgehead atoms. The molecule has 0 aliphatic carbocycles. The Labute approximate surface area is 149 Å². The molecule has 0 aromatic carbocycles. The normalized spacial score (nSPS) is 16.9. The molecule has 1 atom stereocenters. The first-order valence-corrected chi connectivity index (χ1v) is 9.19. The zero-order chi connectivity index (χ0) is 17.6. The van der Waals surface area contributed by atoms with Crippen LogP contribution in [-0.2, 0) is 20.0 Å². The number of amides is 1. The van der Waals surface area contributed by atoms with Gasteiger partial charge in [-0.05, 0) is 25.5 Å². The molecule has 0 N–H and O–H groups in total. The number of aromatic nitrogens is 5. The predicted molar refractivity (Wildman–Crippen MR) is 95.4 cm³/mol. The van der Waals surface area contributed by atoms with Crippen molar-refractivity contribution in [1.82, 2.24) is 29.4 Å². The molecule has 0 fully saturated rings. The molecule has 1 amide bonds. The van der Waals surface area contributed by atoms with Gasteiger partial charge in [-0.25, -0.2) is 0 Å². The van der Waals surface area contributed by atoms with Gasteiger partial charge >= 0.3 is 0 Å². The van der Waals surface area contributed by atoms with Crippen molar-refractivity contribution in [2.75, 3.05) is 6.54 Å². The van der Waals surface area contributed by atoms with Gasteiger partial charge in [0.2, 0.25) is 0 Å². The highest BCUT2D eigenvalue weighted by Crippen LogP contribution is 2.29. The maximum atomic E-state index is 12.8. The van der Waals surface area contributed by atoms with Crippen LogP contribution in [0.3, 0.4) is 0 Å². The van der Waals surface area contributed by atoms with Crippen LogP contribution in [0.1, 0.15) is 40.3 Å². The largest absolute Gasteiger partial charge is 0.328 e. The minimum Gasteiger partial charge on any atom is -0.328 e. The van der Waals surface area contributed by atoms with Crippen LogP contribution in [0, 0.1) is 0 Å². The number of hydrogen-bond donors (Lipinski definition) is 0. The van der Waals surface area contributed by atoms with Crippen LogP contribution in [0.2, 0.25) is 0 Å². The van der Waals surface area contributed by atoms with Crippen molar-refractivity contribution in [2.45, 2.75) is 32.9 Å². The molecule has 25 heavy (non-hydrogen) atoms. The van der Waals surface area contributed by atoms with Gasteiger partial charge in [-0.2, -0.15) is 5.10 Å². The monoisotopic (exact) mass is 356 g/mol. The second kappa shape index (κ2) is 6.11. The summed E-state index contributed by atoms with van der Waals surface area (Å²) in [4.78, 5) is 16.7. The number of aryl methyl sites for hydroxylation is 2. The summed E-state index contributed by atoms with van der Waals surface area (Å²) < 4.78 is 3.87. The van der Waals surface area contributed by atoms with Gasteiger partial charge in [-0.1, -0.05) is 6.92 Å². The van der Waals surface area contributed by atoms with Crippen LogP contribution in [0.5, 0.6) is 0 Å². The minimum atomic E-state index is 0.0775. The van der Waals surface area contributed by atoms with E-state index in [1.54, 1.807) is 22.2 Å². The fraction of sp³-hybridized carbons (Fsp3) is 0.412. The highest BCUT2D eigenvalue weighted by molar-refractivity contribution is 7.14. The molecule has 0 radical (unpaired) electrons. The molecule has 1 aliphatic rings. The Morgan fingerprint density at radius 1 is 1.36 bits per heavy atom. The second-order valence-corrected chi connectivity index (χ2v) is 7.54. The third-order valence-corrected chi connectivity index (χ3v) is 5.71. The average Bonchev–Trinajstić information content (AvgIpc) is 3.32. The lowest BCUT2D eigenvalue weighted by Gasteiger charge is -2.32. The molecule has 3 aromatic rings. The number of carbonyl (C=O) groups excluding carboxylic acids is 1. The van der Waals surface area contributed by atoms with E-state index in [0.717, 1.165) is 28.5 Å². The lowest BCUT2D eigenvalue weighted by Crippen LogP contribution is -2.40. The van der Waals surface area contributed by atoms with Crippen molar-refractivity contribution in [1.29, 1.82) is 0 Å². The van der Waals surface area contributed by atoms with Gasteiger partial charge in [0.25, 0.3) is 5.91 Å². The zero-order valence-corrected chi connectivity index (χ0v) is 15.3. The van der Waals surface area contributed by atoms with Crippen molar-refractivity contribution >= 4 is 17.2 Å². The van der Waals surface area contributed by atoms with E-state index >= 15 is 0 Å². The van der Waals surface area contributed by atoms with Crippen molar-refractivity contribution < 1.29 is 4.79 Å². The van der Waals surface area contributed by atoms with Crippen molar-refractivity contribution in [3.8, 4) is 11.4 Å². The molecule has 0 saturated carbocycles. The number of nitrogens with zero attached hydrogens (tertiary/aromatic N) is 6. The molecule has 1 aliphatic heterocycles. The topological polar surface area (TPSA) is 68.8 Å². The Morgan fingerprint density at radius 3 is 2.88 bits per heavy atom. The molecule has 130 valence electrons. The van der Waals surface area contributed by atoms with Crippen molar-refractivity contribution in [2.24, 2.45) is 7.05 Å². The van der Waals surface area contributed by atoms with Crippen LogP contribution in [0.25, 0.3) is 11.4 Å². The van der Waals surface area contributed by atoms with E-state index in [4.69, 9.17) is 0 Å². The van der Waals surface area contributed by atoms with Crippen LogP contribution < -0.4 is 0 Å². The van der Waals surface area contributed by atoms with Gasteiger partial charge in [0.1, 0.15) is 0 Å². The quantitative estimate of drug-likeness (QED) is 0.723. The van der Waals surface area contributed by atoms with E-state index < -0.39 is 0 Å². The fourth-order valence-electron chi connectivity index (χ4n) is 3.26.